The van der Waals surface area contributed by atoms with Gasteiger partial charge in [0, 0.05) is 27.8 Å². The van der Waals surface area contributed by atoms with Gasteiger partial charge in [-0.25, -0.2) is 9.97 Å². The molecule has 0 spiro atoms. The van der Waals surface area contributed by atoms with Gasteiger partial charge in [0.1, 0.15) is 5.75 Å². The van der Waals surface area contributed by atoms with Gasteiger partial charge in [0.2, 0.25) is 0 Å². The fourth-order valence-corrected chi connectivity index (χ4v) is 18.6. The Bertz CT molecular complexity index is 5490. The average Bonchev–Trinajstić information content (AvgIpc) is 1.54. The lowest BCUT2D eigenvalue weighted by Gasteiger charge is -2.35. The summed E-state index contributed by atoms with van der Waals surface area (Å²) >= 11 is 0. The van der Waals surface area contributed by atoms with Gasteiger partial charge in [-0.05, 0) is 239 Å². The molecule has 3 aliphatic rings. The third kappa shape index (κ3) is 15.7. The predicted octanol–water partition coefficient (Wildman–Crippen LogP) is 31.0. The van der Waals surface area contributed by atoms with Crippen molar-refractivity contribution in [1.82, 2.24) is 9.97 Å². The smallest absolute Gasteiger partial charge is 0.160 e. The van der Waals surface area contributed by atoms with Crippen LogP contribution in [0.2, 0.25) is 0 Å². The molecule has 1 aromatic heterocycles. The molecule has 0 bridgehead atoms. The quantitative estimate of drug-likeness (QED) is 0.0384. The highest BCUT2D eigenvalue weighted by Crippen LogP contribution is 2.60. The summed E-state index contributed by atoms with van der Waals surface area (Å²) in [6.07, 6.45) is 26.1. The summed E-state index contributed by atoms with van der Waals surface area (Å²) in [6.45, 7) is 18.8. The van der Waals surface area contributed by atoms with E-state index in [0.717, 1.165) is 130 Å². The number of nitrogens with zero attached hydrogens (tertiary/aromatic N) is 3. The summed E-state index contributed by atoms with van der Waals surface area (Å²) in [6, 6.07) is 99.7. The van der Waals surface area contributed by atoms with Crippen LogP contribution in [0, 0.1) is 20.8 Å². The molecule has 0 amide bonds. The molecule has 12 aromatic carbocycles. The van der Waals surface area contributed by atoms with E-state index in [9.17, 15) is 0 Å². The monoisotopic (exact) mass is 1500 g/mol. The Balaban J connectivity index is 0.757. The Labute approximate surface area is 680 Å². The highest BCUT2D eigenvalue weighted by molar-refractivity contribution is 5.93. The van der Waals surface area contributed by atoms with E-state index in [-0.39, 0.29) is 5.41 Å². The molecule has 5 nitrogen and oxygen atoms in total. The van der Waals surface area contributed by atoms with Gasteiger partial charge in [-0.1, -0.05) is 336 Å². The lowest BCUT2D eigenvalue weighted by Crippen LogP contribution is -2.28. The molecular weight excluding hydrogens is 1380 g/mol. The molecule has 2 heterocycles. The number of unbranched alkanes of at least 4 members (excludes halogenated alkanes) is 13. The van der Waals surface area contributed by atoms with Gasteiger partial charge in [0.25, 0.3) is 0 Å². The van der Waals surface area contributed by atoms with Crippen LogP contribution in [0.4, 0.5) is 17.1 Å². The second kappa shape index (κ2) is 34.8. The largest absolute Gasteiger partial charge is 0.494 e. The van der Waals surface area contributed by atoms with Crippen LogP contribution in [0.1, 0.15) is 224 Å². The first-order chi connectivity index (χ1) is 56.0. The van der Waals surface area contributed by atoms with Crippen LogP contribution >= 0.6 is 0 Å². The van der Waals surface area contributed by atoms with Crippen LogP contribution in [0.5, 0.6) is 17.2 Å². The van der Waals surface area contributed by atoms with E-state index in [4.69, 9.17) is 19.4 Å². The zero-order valence-electron chi connectivity index (χ0n) is 68.7. The Morgan fingerprint density at radius 1 is 0.316 bits per heavy atom. The Morgan fingerprint density at radius 3 is 1.25 bits per heavy atom. The van der Waals surface area contributed by atoms with Gasteiger partial charge in [-0.15, -0.1) is 0 Å². The number of fused-ring (bicyclic) bond motifs is 8. The molecule has 16 rings (SSSR count). The van der Waals surface area contributed by atoms with E-state index in [1.807, 2.05) is 0 Å². The van der Waals surface area contributed by atoms with Gasteiger partial charge >= 0.3 is 0 Å². The maximum absolute atomic E-state index is 7.35. The van der Waals surface area contributed by atoms with Crippen molar-refractivity contribution >= 4 is 17.1 Å². The predicted molar refractivity (Wildman–Crippen MR) is 481 cm³/mol. The minimum absolute atomic E-state index is 0.186. The van der Waals surface area contributed by atoms with Crippen LogP contribution in [-0.4, -0.2) is 16.6 Å². The number of rotatable bonds is 33. The van der Waals surface area contributed by atoms with Crippen molar-refractivity contribution in [1.29, 1.82) is 0 Å². The molecule has 1 unspecified atom stereocenters. The molecule has 0 radical (unpaired) electrons. The minimum Gasteiger partial charge on any atom is -0.494 e. The number of benzene rings is 12. The van der Waals surface area contributed by atoms with E-state index >= 15 is 0 Å². The highest BCUT2D eigenvalue weighted by Gasteiger charge is 2.47. The van der Waals surface area contributed by atoms with Crippen LogP contribution in [-0.2, 0) is 23.7 Å². The number of aryl methyl sites for hydroxylation is 5. The average molecular weight is 1500 g/mol. The third-order valence-electron chi connectivity index (χ3n) is 25.0. The van der Waals surface area contributed by atoms with Gasteiger partial charge in [-0.2, -0.15) is 0 Å². The summed E-state index contributed by atoms with van der Waals surface area (Å²) in [5, 5.41) is 0. The zero-order valence-corrected chi connectivity index (χ0v) is 68.7. The van der Waals surface area contributed by atoms with Crippen molar-refractivity contribution in [3.05, 3.63) is 322 Å². The maximum atomic E-state index is 7.35. The molecule has 13 aromatic rings. The van der Waals surface area contributed by atoms with Crippen molar-refractivity contribution < 1.29 is 9.47 Å². The normalized spacial score (nSPS) is 14.1. The van der Waals surface area contributed by atoms with Gasteiger partial charge in [-0.3, -0.25) is 0 Å². The van der Waals surface area contributed by atoms with Crippen molar-refractivity contribution in [3.63, 3.8) is 0 Å². The minimum atomic E-state index is -0.563. The summed E-state index contributed by atoms with van der Waals surface area (Å²) in [5.74, 6) is 3.32. The van der Waals surface area contributed by atoms with Crippen molar-refractivity contribution in [3.8, 4) is 107 Å². The Hall–Kier alpha value is -10.9. The molecule has 576 valence electrons. The molecule has 0 N–H and O–H groups in total. The van der Waals surface area contributed by atoms with E-state index < -0.39 is 5.41 Å². The first kappa shape index (κ1) is 77.1. The molecule has 0 saturated carbocycles. The Kier molecular flexibility index (Phi) is 23.6. The fraction of sp³-hybridized carbons (Fsp3) is 0.303. The third-order valence-corrected chi connectivity index (χ3v) is 25.0. The van der Waals surface area contributed by atoms with Crippen molar-refractivity contribution in [2.45, 2.75) is 207 Å². The molecule has 2 aliphatic carbocycles. The summed E-state index contributed by atoms with van der Waals surface area (Å²) in [7, 11) is 0. The Morgan fingerprint density at radius 2 is 0.711 bits per heavy atom. The zero-order chi connectivity index (χ0) is 78.1. The SMILES string of the molecule is CCCCCCOc1ccc(C2(c3ccc(C)cc3)c3cc(C)ccc3-c3ccc(-c4ccc5c(c4)C(CCCCCC)(CCCCCC)c4cc(-c6ccc7c(c6)Oc6cc(-c8ccc(-c9cc(-c%10ccc(C)cc%10)nc(-c%10ccc(CCCCCC)cc%10)n9)cc8)ccc6N7c6ccc(CCCC)cc6)ccc4-5)cc32)cc1. The molecule has 1 atom stereocenters. The molecule has 0 fully saturated rings. The maximum Gasteiger partial charge on any atom is 0.160 e. The topological polar surface area (TPSA) is 47.5 Å². The highest BCUT2D eigenvalue weighted by atomic mass is 16.5. The number of hydrogen-bond donors (Lipinski definition) is 0. The van der Waals surface area contributed by atoms with E-state index in [1.165, 1.54) is 203 Å². The molecule has 0 saturated heterocycles. The standard InChI is InChI=1S/C109H113N3O2/c1-9-14-19-23-28-79-34-40-83(41-35-79)107-110-101(81-38-29-75(6)30-39-81)74-102(111-107)82-44-42-80(43-45-82)87-49-63-103-105(72-87)114-106-73-88(50-64-104(106)112(103)91-55-36-78(37-56-91)27-18-13-5)85-47-61-94-93-60-46-84(69-97(93)108(98(94)70-85,65-24-20-15-10-2)66-25-21-16-11-3)86-48-62-96-95-59-33-77(8)68-99(95)109(100(96)71-86,89-51-31-76(7)32-52-89)90-53-57-92(58-54-90)113-67-26-22-17-12-4/h29-64,68-74H,9-28,65-67H2,1-8H3. The van der Waals surface area contributed by atoms with Crippen molar-refractivity contribution in [2.75, 3.05) is 11.5 Å². The van der Waals surface area contributed by atoms with Crippen LogP contribution in [0.15, 0.2) is 261 Å². The van der Waals surface area contributed by atoms with Gasteiger partial charge in [0.15, 0.2) is 17.3 Å². The first-order valence-electron chi connectivity index (χ1n) is 43.3. The van der Waals surface area contributed by atoms with E-state index in [2.05, 4.69) is 321 Å². The number of aromatic nitrogens is 2. The lowest BCUT2D eigenvalue weighted by molar-refractivity contribution is 0.305. The van der Waals surface area contributed by atoms with Gasteiger partial charge in [0.05, 0.1) is 34.8 Å². The molecule has 1 aliphatic heterocycles. The van der Waals surface area contributed by atoms with Crippen LogP contribution in [0.25, 0.3) is 89.5 Å². The summed E-state index contributed by atoms with van der Waals surface area (Å²) in [4.78, 5) is 12.9. The molecule has 5 heteroatoms. The number of anilines is 3. The number of hydrogen-bond acceptors (Lipinski definition) is 5. The van der Waals surface area contributed by atoms with Crippen molar-refractivity contribution in [2.24, 2.45) is 0 Å². The van der Waals surface area contributed by atoms with E-state index in [0.29, 0.717) is 0 Å². The van der Waals surface area contributed by atoms with E-state index in [1.54, 1.807) is 0 Å². The van der Waals surface area contributed by atoms with Crippen LogP contribution in [0.3, 0.4) is 0 Å². The second-order valence-electron chi connectivity index (χ2n) is 33.1. The van der Waals surface area contributed by atoms with Crippen LogP contribution < -0.4 is 14.4 Å². The second-order valence-corrected chi connectivity index (χ2v) is 33.1. The summed E-state index contributed by atoms with van der Waals surface area (Å²) in [5.41, 5.74) is 34.4. The summed E-state index contributed by atoms with van der Waals surface area (Å²) < 4.78 is 13.8. The number of ether oxygens (including phenoxy) is 2. The lowest BCUT2D eigenvalue weighted by atomic mass is 9.67. The van der Waals surface area contributed by atoms with Gasteiger partial charge < -0.3 is 14.4 Å². The fourth-order valence-electron chi connectivity index (χ4n) is 18.6. The molecular formula is C109H113N3O2. The first-order valence-corrected chi connectivity index (χ1v) is 43.3. The molecule has 114 heavy (non-hydrogen) atoms.